The highest BCUT2D eigenvalue weighted by atomic mass is 32.1. The monoisotopic (exact) mass is 200 g/mol. The van der Waals surface area contributed by atoms with Gasteiger partial charge in [0, 0.05) is 9.75 Å². The van der Waals surface area contributed by atoms with Gasteiger partial charge in [-0.25, -0.2) is 0 Å². The molecule has 1 aliphatic carbocycles. The molecule has 0 unspecified atom stereocenters. The lowest BCUT2D eigenvalue weighted by molar-refractivity contribution is 0.949. The van der Waals surface area contributed by atoms with E-state index in [4.69, 9.17) is 0 Å². The van der Waals surface area contributed by atoms with Crippen LogP contribution in [0, 0.1) is 6.92 Å². The van der Waals surface area contributed by atoms with Crippen LogP contribution in [0.4, 0.5) is 0 Å². The molecular formula is C13H12S. The zero-order valence-corrected chi connectivity index (χ0v) is 9.03. The molecule has 0 atom stereocenters. The first kappa shape index (κ1) is 8.25. The van der Waals surface area contributed by atoms with Gasteiger partial charge >= 0.3 is 0 Å². The van der Waals surface area contributed by atoms with Gasteiger partial charge in [-0.1, -0.05) is 24.3 Å². The predicted octanol–water partition coefficient (Wildman–Crippen LogP) is 3.82. The zero-order chi connectivity index (χ0) is 9.54. The largest absolute Gasteiger partial charge is 0.140 e. The van der Waals surface area contributed by atoms with E-state index in [1.54, 1.807) is 5.56 Å². The van der Waals surface area contributed by atoms with Crippen LogP contribution in [0.2, 0.25) is 0 Å². The van der Waals surface area contributed by atoms with E-state index in [0.717, 1.165) is 0 Å². The Bertz CT molecular complexity index is 480. The normalized spacial score (nSPS) is 13.5. The Labute approximate surface area is 88.2 Å². The van der Waals surface area contributed by atoms with Crippen LogP contribution in [-0.2, 0) is 12.8 Å². The van der Waals surface area contributed by atoms with Crippen LogP contribution in [0.5, 0.6) is 0 Å². The maximum Gasteiger partial charge on any atom is 0.0380 e. The molecule has 1 aromatic carbocycles. The molecule has 0 aliphatic heterocycles. The van der Waals surface area contributed by atoms with E-state index < -0.39 is 0 Å². The first-order valence-corrected chi connectivity index (χ1v) is 5.84. The van der Waals surface area contributed by atoms with E-state index in [-0.39, 0.29) is 0 Å². The van der Waals surface area contributed by atoms with Crippen molar-refractivity contribution in [2.45, 2.75) is 19.8 Å². The zero-order valence-electron chi connectivity index (χ0n) is 8.21. The summed E-state index contributed by atoms with van der Waals surface area (Å²) in [5.41, 5.74) is 4.53. The Morgan fingerprint density at radius 1 is 1.07 bits per heavy atom. The van der Waals surface area contributed by atoms with E-state index in [9.17, 15) is 0 Å². The van der Waals surface area contributed by atoms with Crippen molar-refractivity contribution >= 4 is 11.3 Å². The SMILES string of the molecule is Cc1cc2c(s1)-c1ccccc1CC2. The van der Waals surface area contributed by atoms with Crippen molar-refractivity contribution in [2.24, 2.45) is 0 Å². The minimum atomic E-state index is 1.21. The van der Waals surface area contributed by atoms with E-state index >= 15 is 0 Å². The number of fused-ring (bicyclic) bond motifs is 3. The second-order valence-corrected chi connectivity index (χ2v) is 5.12. The molecular weight excluding hydrogens is 188 g/mol. The summed E-state index contributed by atoms with van der Waals surface area (Å²) >= 11 is 1.93. The van der Waals surface area contributed by atoms with Gasteiger partial charge in [0.05, 0.1) is 0 Å². The van der Waals surface area contributed by atoms with Crippen molar-refractivity contribution in [1.82, 2.24) is 0 Å². The van der Waals surface area contributed by atoms with Crippen molar-refractivity contribution in [3.63, 3.8) is 0 Å². The molecule has 0 nitrogen and oxygen atoms in total. The second-order valence-electron chi connectivity index (χ2n) is 3.87. The average molecular weight is 200 g/mol. The van der Waals surface area contributed by atoms with Crippen LogP contribution in [-0.4, -0.2) is 0 Å². The van der Waals surface area contributed by atoms with Crippen molar-refractivity contribution in [2.75, 3.05) is 0 Å². The van der Waals surface area contributed by atoms with Gasteiger partial charge in [0.25, 0.3) is 0 Å². The highest BCUT2D eigenvalue weighted by Crippen LogP contribution is 2.38. The minimum absolute atomic E-state index is 1.21. The Kier molecular flexibility index (Phi) is 1.74. The molecule has 0 N–H and O–H groups in total. The summed E-state index contributed by atoms with van der Waals surface area (Å²) in [4.78, 5) is 2.94. The molecule has 1 aliphatic rings. The summed E-state index contributed by atoms with van der Waals surface area (Å²) in [6.45, 7) is 2.20. The summed E-state index contributed by atoms with van der Waals surface area (Å²) in [7, 11) is 0. The van der Waals surface area contributed by atoms with E-state index in [1.165, 1.54) is 33.7 Å². The first-order chi connectivity index (χ1) is 6.84. The van der Waals surface area contributed by atoms with Crippen LogP contribution < -0.4 is 0 Å². The lowest BCUT2D eigenvalue weighted by atomic mass is 9.92. The van der Waals surface area contributed by atoms with Crippen LogP contribution in [0.25, 0.3) is 10.4 Å². The molecule has 0 fully saturated rings. The summed E-state index contributed by atoms with van der Waals surface area (Å²) in [6, 6.07) is 11.1. The molecule has 0 saturated carbocycles. The number of hydrogen-bond acceptors (Lipinski definition) is 1. The fraction of sp³-hybridized carbons (Fsp3) is 0.231. The molecule has 0 amide bonds. The van der Waals surface area contributed by atoms with Crippen LogP contribution >= 0.6 is 11.3 Å². The smallest absolute Gasteiger partial charge is 0.0380 e. The van der Waals surface area contributed by atoms with Gasteiger partial charge in [-0.05, 0) is 42.5 Å². The molecule has 0 radical (unpaired) electrons. The summed E-state index contributed by atoms with van der Waals surface area (Å²) in [5.74, 6) is 0. The molecule has 0 saturated heterocycles. The molecule has 1 aromatic heterocycles. The molecule has 1 heterocycles. The Morgan fingerprint density at radius 2 is 1.86 bits per heavy atom. The maximum absolute atomic E-state index is 2.34. The number of rotatable bonds is 0. The van der Waals surface area contributed by atoms with Gasteiger partial charge in [0.1, 0.15) is 0 Å². The number of benzene rings is 1. The van der Waals surface area contributed by atoms with Crippen LogP contribution in [0.15, 0.2) is 30.3 Å². The first-order valence-electron chi connectivity index (χ1n) is 5.02. The van der Waals surface area contributed by atoms with Gasteiger partial charge in [-0.2, -0.15) is 0 Å². The van der Waals surface area contributed by atoms with Crippen LogP contribution in [0.3, 0.4) is 0 Å². The summed E-state index contributed by atoms with van der Waals surface area (Å²) in [6.07, 6.45) is 2.43. The molecule has 0 spiro atoms. The third kappa shape index (κ3) is 1.12. The van der Waals surface area contributed by atoms with Gasteiger partial charge in [0.15, 0.2) is 0 Å². The highest BCUT2D eigenvalue weighted by molar-refractivity contribution is 7.15. The van der Waals surface area contributed by atoms with E-state index in [1.807, 2.05) is 11.3 Å². The van der Waals surface area contributed by atoms with Gasteiger partial charge in [-0.15, -0.1) is 11.3 Å². The third-order valence-electron chi connectivity index (χ3n) is 2.86. The molecule has 0 bridgehead atoms. The molecule has 2 aromatic rings. The fourth-order valence-electron chi connectivity index (χ4n) is 2.21. The van der Waals surface area contributed by atoms with Gasteiger partial charge in [-0.3, -0.25) is 0 Å². The molecule has 1 heteroatoms. The number of thiophene rings is 1. The summed E-state index contributed by atoms with van der Waals surface area (Å²) in [5, 5.41) is 0. The quantitative estimate of drug-likeness (QED) is 0.606. The molecule has 3 rings (SSSR count). The van der Waals surface area contributed by atoms with Gasteiger partial charge in [0.2, 0.25) is 0 Å². The Morgan fingerprint density at radius 3 is 2.79 bits per heavy atom. The lowest BCUT2D eigenvalue weighted by Crippen LogP contribution is -1.99. The standard InChI is InChI=1S/C13H12S/c1-9-8-11-7-6-10-4-2-3-5-12(10)13(11)14-9/h2-5,8H,6-7H2,1H3. The van der Waals surface area contributed by atoms with Crippen molar-refractivity contribution < 1.29 is 0 Å². The topological polar surface area (TPSA) is 0 Å². The van der Waals surface area contributed by atoms with Crippen molar-refractivity contribution in [3.05, 3.63) is 46.3 Å². The van der Waals surface area contributed by atoms with Crippen molar-refractivity contribution in [3.8, 4) is 10.4 Å². The second kappa shape index (κ2) is 2.96. The average Bonchev–Trinajstić information content (AvgIpc) is 2.59. The van der Waals surface area contributed by atoms with E-state index in [2.05, 4.69) is 37.3 Å². The maximum atomic E-state index is 2.34. The summed E-state index contributed by atoms with van der Waals surface area (Å²) < 4.78 is 0. The van der Waals surface area contributed by atoms with Gasteiger partial charge < -0.3 is 0 Å². The third-order valence-corrected chi connectivity index (χ3v) is 3.98. The Hall–Kier alpha value is -1.08. The lowest BCUT2D eigenvalue weighted by Gasteiger charge is -2.15. The highest BCUT2D eigenvalue weighted by Gasteiger charge is 2.17. The molecule has 70 valence electrons. The fourth-order valence-corrected chi connectivity index (χ4v) is 3.33. The van der Waals surface area contributed by atoms with Crippen LogP contribution in [0.1, 0.15) is 16.0 Å². The Balaban J connectivity index is 2.28. The van der Waals surface area contributed by atoms with E-state index in [0.29, 0.717) is 0 Å². The number of hydrogen-bond donors (Lipinski definition) is 0. The number of aryl methyl sites for hydroxylation is 3. The predicted molar refractivity (Wildman–Crippen MR) is 61.9 cm³/mol. The van der Waals surface area contributed by atoms with Crippen molar-refractivity contribution in [1.29, 1.82) is 0 Å². The minimum Gasteiger partial charge on any atom is -0.140 e. The molecule has 14 heavy (non-hydrogen) atoms.